The molecule has 7 nitrogen and oxygen atoms in total. The second-order valence-corrected chi connectivity index (χ2v) is 4.66. The van der Waals surface area contributed by atoms with Gasteiger partial charge in [-0.1, -0.05) is 6.07 Å². The van der Waals surface area contributed by atoms with E-state index in [-0.39, 0.29) is 24.0 Å². The van der Waals surface area contributed by atoms with E-state index >= 15 is 0 Å². The van der Waals surface area contributed by atoms with Crippen molar-refractivity contribution < 1.29 is 19.6 Å². The molecule has 1 rings (SSSR count). The highest BCUT2D eigenvalue weighted by molar-refractivity contribution is 5.69. The van der Waals surface area contributed by atoms with Gasteiger partial charge in [-0.15, -0.1) is 0 Å². The summed E-state index contributed by atoms with van der Waals surface area (Å²) in [6.07, 6.45) is 0. The molecule has 0 fully saturated rings. The standard InChI is InChI=1S/C13H18N2O5/c1-9(2)14(8-13(16)17)7-10-4-5-12(20-3)11(6-10)15(18)19/h4-6,9H,7-8H2,1-3H3,(H,16,17). The molecule has 0 unspecified atom stereocenters. The molecule has 110 valence electrons. The van der Waals surface area contributed by atoms with Gasteiger partial charge in [0.15, 0.2) is 5.75 Å². The lowest BCUT2D eigenvalue weighted by atomic mass is 10.1. The molecular formula is C13H18N2O5. The molecule has 0 atom stereocenters. The van der Waals surface area contributed by atoms with E-state index in [1.807, 2.05) is 13.8 Å². The summed E-state index contributed by atoms with van der Waals surface area (Å²) in [4.78, 5) is 23.0. The molecule has 7 heteroatoms. The van der Waals surface area contributed by atoms with Crippen LogP contribution in [0.5, 0.6) is 5.75 Å². The van der Waals surface area contributed by atoms with Crippen LogP contribution in [0, 0.1) is 10.1 Å². The molecule has 0 bridgehead atoms. The molecule has 1 N–H and O–H groups in total. The number of hydrogen-bond donors (Lipinski definition) is 1. The Kier molecular flexibility index (Phi) is 5.45. The van der Waals surface area contributed by atoms with Crippen LogP contribution >= 0.6 is 0 Å². The third-order valence-corrected chi connectivity index (χ3v) is 2.89. The molecule has 0 saturated carbocycles. The van der Waals surface area contributed by atoms with Crippen LogP contribution in [0.15, 0.2) is 18.2 Å². The predicted molar refractivity (Wildman–Crippen MR) is 72.8 cm³/mol. The van der Waals surface area contributed by atoms with Gasteiger partial charge in [0, 0.05) is 18.7 Å². The molecule has 0 spiro atoms. The first-order valence-electron chi connectivity index (χ1n) is 6.12. The molecule has 0 radical (unpaired) electrons. The average Bonchev–Trinajstić information content (AvgIpc) is 2.37. The van der Waals surface area contributed by atoms with E-state index in [1.54, 1.807) is 11.0 Å². The Morgan fingerprint density at radius 1 is 1.50 bits per heavy atom. The maximum atomic E-state index is 10.9. The van der Waals surface area contributed by atoms with E-state index in [9.17, 15) is 14.9 Å². The monoisotopic (exact) mass is 282 g/mol. The van der Waals surface area contributed by atoms with Crippen molar-refractivity contribution in [3.8, 4) is 5.75 Å². The second kappa shape index (κ2) is 6.85. The molecule has 1 aromatic rings. The first kappa shape index (κ1) is 15.9. The summed E-state index contributed by atoms with van der Waals surface area (Å²) in [6, 6.07) is 4.65. The van der Waals surface area contributed by atoms with E-state index in [4.69, 9.17) is 9.84 Å². The second-order valence-electron chi connectivity index (χ2n) is 4.66. The third kappa shape index (κ3) is 4.20. The topological polar surface area (TPSA) is 92.9 Å². The van der Waals surface area contributed by atoms with Crippen molar-refractivity contribution >= 4 is 11.7 Å². The molecular weight excluding hydrogens is 264 g/mol. The van der Waals surface area contributed by atoms with Crippen LogP contribution in [-0.2, 0) is 11.3 Å². The van der Waals surface area contributed by atoms with Crippen LogP contribution in [0.25, 0.3) is 0 Å². The smallest absolute Gasteiger partial charge is 0.317 e. The Morgan fingerprint density at radius 3 is 2.60 bits per heavy atom. The van der Waals surface area contributed by atoms with Gasteiger partial charge in [0.2, 0.25) is 0 Å². The van der Waals surface area contributed by atoms with Gasteiger partial charge in [-0.3, -0.25) is 19.8 Å². The largest absolute Gasteiger partial charge is 0.490 e. The van der Waals surface area contributed by atoms with E-state index in [2.05, 4.69) is 0 Å². The molecule has 0 aliphatic heterocycles. The first-order valence-corrected chi connectivity index (χ1v) is 6.12. The SMILES string of the molecule is COc1ccc(CN(CC(=O)O)C(C)C)cc1[N+](=O)[O-]. The van der Waals surface area contributed by atoms with Crippen LogP contribution in [-0.4, -0.2) is 40.6 Å². The minimum absolute atomic E-state index is 0.0206. The number of aliphatic carboxylic acids is 1. The fourth-order valence-corrected chi connectivity index (χ4v) is 1.81. The van der Waals surface area contributed by atoms with Gasteiger partial charge < -0.3 is 9.84 Å². The molecule has 0 saturated heterocycles. The van der Waals surface area contributed by atoms with Crippen molar-refractivity contribution in [1.82, 2.24) is 4.90 Å². The third-order valence-electron chi connectivity index (χ3n) is 2.89. The molecule has 0 aliphatic rings. The van der Waals surface area contributed by atoms with Gasteiger partial charge in [-0.2, -0.15) is 0 Å². The number of nitro benzene ring substituents is 1. The van der Waals surface area contributed by atoms with Gasteiger partial charge in [0.05, 0.1) is 18.6 Å². The number of carboxylic acids is 1. The number of hydrogen-bond acceptors (Lipinski definition) is 5. The van der Waals surface area contributed by atoms with Crippen LogP contribution in [0.2, 0.25) is 0 Å². The number of methoxy groups -OCH3 is 1. The lowest BCUT2D eigenvalue weighted by Gasteiger charge is -2.24. The van der Waals surface area contributed by atoms with Crippen LogP contribution < -0.4 is 4.74 Å². The Bertz CT molecular complexity index is 502. The highest BCUT2D eigenvalue weighted by Crippen LogP contribution is 2.28. The van der Waals surface area contributed by atoms with Crippen molar-refractivity contribution in [2.45, 2.75) is 26.4 Å². The zero-order valence-electron chi connectivity index (χ0n) is 11.7. The average molecular weight is 282 g/mol. The van der Waals surface area contributed by atoms with Gasteiger partial charge >= 0.3 is 11.7 Å². The molecule has 0 aliphatic carbocycles. The summed E-state index contributed by atoms with van der Waals surface area (Å²) in [6.45, 7) is 3.97. The summed E-state index contributed by atoms with van der Waals surface area (Å²) in [7, 11) is 1.37. The Balaban J connectivity index is 2.98. The summed E-state index contributed by atoms with van der Waals surface area (Å²) in [5.74, 6) is -0.741. The number of carbonyl (C=O) groups is 1. The molecule has 20 heavy (non-hydrogen) atoms. The van der Waals surface area contributed by atoms with Crippen molar-refractivity contribution in [3.05, 3.63) is 33.9 Å². The van der Waals surface area contributed by atoms with E-state index in [1.165, 1.54) is 19.2 Å². The summed E-state index contributed by atoms with van der Waals surface area (Å²) >= 11 is 0. The number of ether oxygens (including phenoxy) is 1. The number of nitro groups is 1. The minimum atomic E-state index is -0.929. The Morgan fingerprint density at radius 2 is 2.15 bits per heavy atom. The van der Waals surface area contributed by atoms with Crippen molar-refractivity contribution in [1.29, 1.82) is 0 Å². The predicted octanol–water partition coefficient (Wildman–Crippen LogP) is 1.90. The van der Waals surface area contributed by atoms with Crippen molar-refractivity contribution in [2.75, 3.05) is 13.7 Å². The quantitative estimate of drug-likeness (QED) is 0.606. The first-order chi connectivity index (χ1) is 9.35. The normalized spacial score (nSPS) is 10.8. The molecule has 0 heterocycles. The van der Waals surface area contributed by atoms with Gasteiger partial charge in [0.1, 0.15) is 0 Å². The maximum absolute atomic E-state index is 10.9. The van der Waals surface area contributed by atoms with Crippen LogP contribution in [0.3, 0.4) is 0 Å². The highest BCUT2D eigenvalue weighted by Gasteiger charge is 2.18. The van der Waals surface area contributed by atoms with Crippen molar-refractivity contribution in [2.24, 2.45) is 0 Å². The van der Waals surface area contributed by atoms with Crippen molar-refractivity contribution in [3.63, 3.8) is 0 Å². The Hall–Kier alpha value is -2.15. The summed E-state index contributed by atoms with van der Waals surface area (Å²) in [5.41, 5.74) is 0.552. The number of carboxylic acid groups (broad SMARTS) is 1. The minimum Gasteiger partial charge on any atom is -0.490 e. The number of benzene rings is 1. The number of nitrogens with zero attached hydrogens (tertiary/aromatic N) is 2. The van der Waals surface area contributed by atoms with Gasteiger partial charge in [-0.05, 0) is 25.5 Å². The molecule has 1 aromatic carbocycles. The summed E-state index contributed by atoms with van der Waals surface area (Å²) in [5, 5.41) is 19.8. The van der Waals surface area contributed by atoms with Gasteiger partial charge in [-0.25, -0.2) is 0 Å². The molecule has 0 aromatic heterocycles. The lowest BCUT2D eigenvalue weighted by Crippen LogP contribution is -2.35. The van der Waals surface area contributed by atoms with Crippen LogP contribution in [0.4, 0.5) is 5.69 Å². The zero-order chi connectivity index (χ0) is 15.3. The summed E-state index contributed by atoms with van der Waals surface area (Å²) < 4.78 is 4.93. The van der Waals surface area contributed by atoms with Crippen LogP contribution in [0.1, 0.15) is 19.4 Å². The molecule has 0 amide bonds. The number of rotatable bonds is 7. The zero-order valence-corrected chi connectivity index (χ0v) is 11.7. The van der Waals surface area contributed by atoms with Gasteiger partial charge in [0.25, 0.3) is 0 Å². The lowest BCUT2D eigenvalue weighted by molar-refractivity contribution is -0.385. The fourth-order valence-electron chi connectivity index (χ4n) is 1.81. The Labute approximate surface area is 116 Å². The maximum Gasteiger partial charge on any atom is 0.317 e. The van der Waals surface area contributed by atoms with E-state index < -0.39 is 10.9 Å². The van der Waals surface area contributed by atoms with E-state index in [0.29, 0.717) is 12.1 Å². The highest BCUT2D eigenvalue weighted by atomic mass is 16.6. The van der Waals surface area contributed by atoms with E-state index in [0.717, 1.165) is 0 Å². The fraction of sp³-hybridized carbons (Fsp3) is 0.462.